The summed E-state index contributed by atoms with van der Waals surface area (Å²) in [5.41, 5.74) is 0. The molecule has 17 heavy (non-hydrogen) atoms. The third-order valence-electron chi connectivity index (χ3n) is 2.45. The SMILES string of the molecule is CC(=O)N[C@@H](CO)C(=O)NCCC(C)C(C)=O. The summed E-state index contributed by atoms with van der Waals surface area (Å²) in [6.07, 6.45) is 0.541. The Hall–Kier alpha value is -1.43. The molecule has 98 valence electrons. The molecular weight excluding hydrogens is 224 g/mol. The highest BCUT2D eigenvalue weighted by molar-refractivity contribution is 5.86. The van der Waals surface area contributed by atoms with Gasteiger partial charge in [0.05, 0.1) is 6.61 Å². The number of carbonyl (C=O) groups is 3. The van der Waals surface area contributed by atoms with Crippen LogP contribution in [0.15, 0.2) is 0 Å². The number of Topliss-reactive ketones (excluding diaryl/α,β-unsaturated/α-hetero) is 1. The van der Waals surface area contributed by atoms with Crippen molar-refractivity contribution >= 4 is 17.6 Å². The zero-order valence-electron chi connectivity index (χ0n) is 10.4. The first kappa shape index (κ1) is 15.6. The van der Waals surface area contributed by atoms with Gasteiger partial charge in [0, 0.05) is 19.4 Å². The predicted molar refractivity (Wildman–Crippen MR) is 62.2 cm³/mol. The van der Waals surface area contributed by atoms with Crippen molar-refractivity contribution in [2.45, 2.75) is 33.2 Å². The molecule has 2 amide bonds. The van der Waals surface area contributed by atoms with Crippen LogP contribution in [0.2, 0.25) is 0 Å². The Balaban J connectivity index is 3.98. The van der Waals surface area contributed by atoms with Crippen LogP contribution in [-0.2, 0) is 14.4 Å². The van der Waals surface area contributed by atoms with Gasteiger partial charge in [0.25, 0.3) is 0 Å². The molecule has 0 heterocycles. The van der Waals surface area contributed by atoms with Crippen molar-refractivity contribution in [3.63, 3.8) is 0 Å². The highest BCUT2D eigenvalue weighted by Gasteiger charge is 2.18. The molecule has 0 saturated heterocycles. The molecule has 0 saturated carbocycles. The molecule has 0 rings (SSSR count). The molecule has 0 radical (unpaired) electrons. The third-order valence-corrected chi connectivity index (χ3v) is 2.45. The third kappa shape index (κ3) is 6.68. The lowest BCUT2D eigenvalue weighted by atomic mass is 10.0. The molecule has 0 bridgehead atoms. The molecule has 0 aliphatic rings. The number of nitrogens with one attached hydrogen (secondary N) is 2. The molecule has 0 aromatic carbocycles. The molecule has 0 fully saturated rings. The van der Waals surface area contributed by atoms with Gasteiger partial charge in [-0.15, -0.1) is 0 Å². The van der Waals surface area contributed by atoms with Gasteiger partial charge in [0.2, 0.25) is 11.8 Å². The number of carbonyl (C=O) groups excluding carboxylic acids is 3. The van der Waals surface area contributed by atoms with Crippen molar-refractivity contribution in [2.24, 2.45) is 5.92 Å². The summed E-state index contributed by atoms with van der Waals surface area (Å²) in [5, 5.41) is 13.8. The van der Waals surface area contributed by atoms with E-state index in [0.717, 1.165) is 0 Å². The van der Waals surface area contributed by atoms with E-state index in [1.165, 1.54) is 13.8 Å². The van der Waals surface area contributed by atoms with Gasteiger partial charge in [0.1, 0.15) is 11.8 Å². The highest BCUT2D eigenvalue weighted by Crippen LogP contribution is 2.01. The first-order valence-electron chi connectivity index (χ1n) is 5.54. The summed E-state index contributed by atoms with van der Waals surface area (Å²) < 4.78 is 0. The lowest BCUT2D eigenvalue weighted by Gasteiger charge is -2.15. The minimum absolute atomic E-state index is 0.0693. The Morgan fingerprint density at radius 2 is 1.82 bits per heavy atom. The van der Waals surface area contributed by atoms with E-state index < -0.39 is 18.6 Å². The summed E-state index contributed by atoms with van der Waals surface area (Å²) in [6.45, 7) is 4.45. The van der Waals surface area contributed by atoms with Crippen molar-refractivity contribution < 1.29 is 19.5 Å². The van der Waals surface area contributed by atoms with Crippen LogP contribution in [0.3, 0.4) is 0 Å². The summed E-state index contributed by atoms with van der Waals surface area (Å²) in [4.78, 5) is 33.2. The Labute approximate surface area is 101 Å². The van der Waals surface area contributed by atoms with Crippen molar-refractivity contribution in [2.75, 3.05) is 13.2 Å². The second-order valence-electron chi connectivity index (χ2n) is 4.03. The number of hydrogen-bond acceptors (Lipinski definition) is 4. The van der Waals surface area contributed by atoms with Gasteiger partial charge in [-0.2, -0.15) is 0 Å². The van der Waals surface area contributed by atoms with Crippen LogP contribution < -0.4 is 10.6 Å². The van der Waals surface area contributed by atoms with Crippen LogP contribution in [0.1, 0.15) is 27.2 Å². The van der Waals surface area contributed by atoms with Gasteiger partial charge in [-0.3, -0.25) is 14.4 Å². The maximum atomic E-state index is 11.5. The minimum atomic E-state index is -0.930. The number of aliphatic hydroxyl groups excluding tert-OH is 1. The highest BCUT2D eigenvalue weighted by atomic mass is 16.3. The fraction of sp³-hybridized carbons (Fsp3) is 0.727. The first-order valence-corrected chi connectivity index (χ1v) is 5.54. The van der Waals surface area contributed by atoms with Crippen LogP contribution in [0.25, 0.3) is 0 Å². The maximum absolute atomic E-state index is 11.5. The van der Waals surface area contributed by atoms with E-state index in [-0.39, 0.29) is 17.6 Å². The Kier molecular flexibility index (Phi) is 7.13. The number of rotatable bonds is 7. The smallest absolute Gasteiger partial charge is 0.244 e. The summed E-state index contributed by atoms with van der Waals surface area (Å²) in [6, 6.07) is -0.930. The van der Waals surface area contributed by atoms with Crippen LogP contribution in [-0.4, -0.2) is 41.9 Å². The maximum Gasteiger partial charge on any atom is 0.244 e. The summed E-state index contributed by atoms with van der Waals surface area (Å²) >= 11 is 0. The van der Waals surface area contributed by atoms with Gasteiger partial charge >= 0.3 is 0 Å². The minimum Gasteiger partial charge on any atom is -0.394 e. The van der Waals surface area contributed by atoms with Crippen LogP contribution >= 0.6 is 0 Å². The van der Waals surface area contributed by atoms with Crippen molar-refractivity contribution in [1.29, 1.82) is 0 Å². The predicted octanol–water partition coefficient (Wildman–Crippen LogP) is -0.785. The zero-order valence-corrected chi connectivity index (χ0v) is 10.4. The van der Waals surface area contributed by atoms with Crippen LogP contribution in [0, 0.1) is 5.92 Å². The van der Waals surface area contributed by atoms with E-state index in [0.29, 0.717) is 13.0 Å². The molecule has 0 aromatic rings. The average Bonchev–Trinajstić information content (AvgIpc) is 2.24. The fourth-order valence-electron chi connectivity index (χ4n) is 1.18. The monoisotopic (exact) mass is 244 g/mol. The largest absolute Gasteiger partial charge is 0.394 e. The number of amides is 2. The summed E-state index contributed by atoms with van der Waals surface area (Å²) in [7, 11) is 0. The lowest BCUT2D eigenvalue weighted by Crippen LogP contribution is -2.48. The molecule has 0 spiro atoms. The second kappa shape index (κ2) is 7.78. The van der Waals surface area contributed by atoms with Gasteiger partial charge in [-0.05, 0) is 13.3 Å². The van der Waals surface area contributed by atoms with Crippen LogP contribution in [0.5, 0.6) is 0 Å². The van der Waals surface area contributed by atoms with E-state index in [2.05, 4.69) is 10.6 Å². The summed E-state index contributed by atoms with van der Waals surface area (Å²) in [5.74, 6) is -0.863. The molecule has 0 aliphatic carbocycles. The number of hydrogen-bond donors (Lipinski definition) is 3. The van der Waals surface area contributed by atoms with Gasteiger partial charge < -0.3 is 15.7 Å². The Morgan fingerprint density at radius 1 is 1.24 bits per heavy atom. The standard InChI is InChI=1S/C11H20N2O4/c1-7(8(2)15)4-5-12-11(17)10(6-14)13-9(3)16/h7,10,14H,4-6H2,1-3H3,(H,12,17)(H,13,16)/t7?,10-/m0/s1. The lowest BCUT2D eigenvalue weighted by molar-refractivity contribution is -0.129. The number of aliphatic hydroxyl groups is 1. The van der Waals surface area contributed by atoms with Crippen molar-refractivity contribution in [3.05, 3.63) is 0 Å². The van der Waals surface area contributed by atoms with Gasteiger partial charge in [0.15, 0.2) is 0 Å². The molecule has 0 aliphatic heterocycles. The molecule has 1 unspecified atom stereocenters. The normalized spacial score (nSPS) is 13.6. The average molecular weight is 244 g/mol. The van der Waals surface area contributed by atoms with E-state index in [1.54, 1.807) is 6.92 Å². The van der Waals surface area contributed by atoms with Gasteiger partial charge in [-0.25, -0.2) is 0 Å². The molecule has 6 heteroatoms. The Bertz CT molecular complexity index is 291. The zero-order chi connectivity index (χ0) is 13.4. The molecule has 6 nitrogen and oxygen atoms in total. The fourth-order valence-corrected chi connectivity index (χ4v) is 1.18. The van der Waals surface area contributed by atoms with E-state index in [9.17, 15) is 14.4 Å². The first-order chi connectivity index (χ1) is 7.88. The molecular formula is C11H20N2O4. The van der Waals surface area contributed by atoms with E-state index in [4.69, 9.17) is 5.11 Å². The van der Waals surface area contributed by atoms with Crippen molar-refractivity contribution in [1.82, 2.24) is 10.6 Å². The van der Waals surface area contributed by atoms with Gasteiger partial charge in [-0.1, -0.05) is 6.92 Å². The Morgan fingerprint density at radius 3 is 2.24 bits per heavy atom. The molecule has 0 aromatic heterocycles. The van der Waals surface area contributed by atoms with Crippen LogP contribution in [0.4, 0.5) is 0 Å². The number of ketones is 1. The van der Waals surface area contributed by atoms with E-state index in [1.807, 2.05) is 0 Å². The van der Waals surface area contributed by atoms with E-state index >= 15 is 0 Å². The van der Waals surface area contributed by atoms with Crippen molar-refractivity contribution in [3.8, 4) is 0 Å². The quantitative estimate of drug-likeness (QED) is 0.547. The molecule has 3 N–H and O–H groups in total. The topological polar surface area (TPSA) is 95.5 Å². The molecule has 2 atom stereocenters. The second-order valence-corrected chi connectivity index (χ2v) is 4.03.